The van der Waals surface area contributed by atoms with Gasteiger partial charge in [0.2, 0.25) is 5.96 Å². The number of benzene rings is 1. The van der Waals surface area contributed by atoms with E-state index in [1.807, 2.05) is 13.0 Å². The van der Waals surface area contributed by atoms with Gasteiger partial charge in [0.15, 0.2) is 11.5 Å². The largest absolute Gasteiger partial charge is 0.493 e. The Labute approximate surface area is 99.9 Å². The predicted molar refractivity (Wildman–Crippen MR) is 67.6 cm³/mol. The van der Waals surface area contributed by atoms with Crippen LogP contribution in [0.15, 0.2) is 28.4 Å². The molecule has 0 aromatic heterocycles. The molecule has 0 saturated heterocycles. The molecule has 0 unspecified atom stereocenters. The molecule has 0 spiro atoms. The lowest BCUT2D eigenvalue weighted by molar-refractivity contribution is 0.311. The molecule has 0 amide bonds. The fraction of sp³-hybridized carbons (Fsp3) is 0.273. The second-order valence-corrected chi connectivity index (χ2v) is 3.11. The fourth-order valence-electron chi connectivity index (χ4n) is 1.20. The molecule has 1 aromatic rings. The van der Waals surface area contributed by atoms with Crippen LogP contribution in [0.4, 0.5) is 0 Å². The van der Waals surface area contributed by atoms with Gasteiger partial charge in [-0.2, -0.15) is 5.10 Å². The number of nitrogens with two attached hydrogens (primary N) is 2. The minimum Gasteiger partial charge on any atom is -0.493 e. The minimum atomic E-state index is -0.0841. The highest BCUT2D eigenvalue weighted by Gasteiger charge is 2.03. The molecule has 1 rings (SSSR count). The summed E-state index contributed by atoms with van der Waals surface area (Å²) in [5, 5.41) is 7.21. The summed E-state index contributed by atoms with van der Waals surface area (Å²) in [6, 6.07) is 5.43. The van der Waals surface area contributed by atoms with Crippen LogP contribution in [0.5, 0.6) is 11.5 Å². The molecule has 0 saturated carbocycles. The summed E-state index contributed by atoms with van der Waals surface area (Å²) in [5.74, 6) is 1.24. The molecule has 0 aliphatic rings. The molecule has 0 radical (unpaired) electrons. The summed E-state index contributed by atoms with van der Waals surface area (Å²) >= 11 is 0. The van der Waals surface area contributed by atoms with Crippen LogP contribution in [0, 0.1) is 0 Å². The molecule has 6 nitrogen and oxygen atoms in total. The van der Waals surface area contributed by atoms with Crippen LogP contribution in [-0.2, 0) is 0 Å². The molecule has 0 aliphatic carbocycles. The van der Waals surface area contributed by atoms with E-state index in [4.69, 9.17) is 20.9 Å². The topological polar surface area (TPSA) is 95.2 Å². The fourth-order valence-corrected chi connectivity index (χ4v) is 1.20. The Kier molecular flexibility index (Phi) is 4.80. The van der Waals surface area contributed by atoms with Gasteiger partial charge in [-0.15, -0.1) is 5.10 Å². The molecule has 0 bridgehead atoms. The lowest BCUT2D eigenvalue weighted by Gasteiger charge is -2.09. The number of methoxy groups -OCH3 is 1. The molecular formula is C11H16N4O2. The molecule has 4 N–H and O–H groups in total. The molecule has 92 valence electrons. The average molecular weight is 236 g/mol. The maximum absolute atomic E-state index is 5.39. The zero-order valence-electron chi connectivity index (χ0n) is 9.88. The molecular weight excluding hydrogens is 220 g/mol. The van der Waals surface area contributed by atoms with Gasteiger partial charge in [-0.25, -0.2) is 0 Å². The highest BCUT2D eigenvalue weighted by atomic mass is 16.5. The van der Waals surface area contributed by atoms with Crippen molar-refractivity contribution >= 4 is 12.2 Å². The van der Waals surface area contributed by atoms with Gasteiger partial charge < -0.3 is 20.9 Å². The maximum atomic E-state index is 5.39. The van der Waals surface area contributed by atoms with Gasteiger partial charge in [0.05, 0.1) is 19.9 Å². The Morgan fingerprint density at radius 2 is 2.12 bits per heavy atom. The summed E-state index contributed by atoms with van der Waals surface area (Å²) in [6.45, 7) is 2.49. The Bertz CT molecular complexity index is 425. The van der Waals surface area contributed by atoms with E-state index in [0.29, 0.717) is 18.1 Å². The standard InChI is InChI=1S/C11H16N4O2/c1-3-17-9-5-4-8(6-10(9)16-2)7-14-15-11(12)13/h4-7H,3H2,1-2H3,(H4,12,13,15)/b14-7-. The summed E-state index contributed by atoms with van der Waals surface area (Å²) in [5.41, 5.74) is 11.1. The van der Waals surface area contributed by atoms with Gasteiger partial charge in [-0.3, -0.25) is 0 Å². The third kappa shape index (κ3) is 4.02. The third-order valence-electron chi connectivity index (χ3n) is 1.87. The van der Waals surface area contributed by atoms with E-state index in [-0.39, 0.29) is 5.96 Å². The van der Waals surface area contributed by atoms with E-state index in [9.17, 15) is 0 Å². The van der Waals surface area contributed by atoms with E-state index >= 15 is 0 Å². The van der Waals surface area contributed by atoms with Crippen molar-refractivity contribution in [2.24, 2.45) is 21.7 Å². The van der Waals surface area contributed by atoms with Crippen LogP contribution in [-0.4, -0.2) is 25.9 Å². The van der Waals surface area contributed by atoms with Crippen molar-refractivity contribution in [1.82, 2.24) is 0 Å². The summed E-state index contributed by atoms with van der Waals surface area (Å²) in [7, 11) is 1.58. The van der Waals surface area contributed by atoms with Gasteiger partial charge >= 0.3 is 0 Å². The van der Waals surface area contributed by atoms with Crippen LogP contribution < -0.4 is 20.9 Å². The van der Waals surface area contributed by atoms with E-state index in [0.717, 1.165) is 5.56 Å². The molecule has 1 aromatic carbocycles. The lowest BCUT2D eigenvalue weighted by Crippen LogP contribution is -2.21. The molecule has 0 aliphatic heterocycles. The van der Waals surface area contributed by atoms with Crippen LogP contribution >= 0.6 is 0 Å². The molecule has 0 fully saturated rings. The van der Waals surface area contributed by atoms with Gasteiger partial charge in [0, 0.05) is 0 Å². The van der Waals surface area contributed by atoms with Gasteiger partial charge in [-0.1, -0.05) is 0 Å². The normalized spacial score (nSPS) is 10.2. The summed E-state index contributed by atoms with van der Waals surface area (Å²) < 4.78 is 10.6. The first kappa shape index (κ1) is 12.8. The minimum absolute atomic E-state index is 0.0841. The van der Waals surface area contributed by atoms with Crippen molar-refractivity contribution in [2.45, 2.75) is 6.92 Å². The maximum Gasteiger partial charge on any atom is 0.211 e. The van der Waals surface area contributed by atoms with E-state index < -0.39 is 0 Å². The monoisotopic (exact) mass is 236 g/mol. The number of rotatable bonds is 5. The number of ether oxygens (including phenoxy) is 2. The number of guanidine groups is 1. The first-order valence-electron chi connectivity index (χ1n) is 5.10. The predicted octanol–water partition coefficient (Wildman–Crippen LogP) is 0.701. The van der Waals surface area contributed by atoms with Crippen molar-refractivity contribution in [3.05, 3.63) is 23.8 Å². The lowest BCUT2D eigenvalue weighted by atomic mass is 10.2. The highest BCUT2D eigenvalue weighted by Crippen LogP contribution is 2.27. The van der Waals surface area contributed by atoms with Gasteiger partial charge in [0.25, 0.3) is 0 Å². The zero-order valence-corrected chi connectivity index (χ0v) is 9.88. The smallest absolute Gasteiger partial charge is 0.211 e. The summed E-state index contributed by atoms with van der Waals surface area (Å²) in [6.07, 6.45) is 1.53. The van der Waals surface area contributed by atoms with Crippen molar-refractivity contribution < 1.29 is 9.47 Å². The van der Waals surface area contributed by atoms with Crippen LogP contribution in [0.1, 0.15) is 12.5 Å². The number of nitrogens with zero attached hydrogens (tertiary/aromatic N) is 2. The van der Waals surface area contributed by atoms with Crippen molar-refractivity contribution in [3.63, 3.8) is 0 Å². The zero-order chi connectivity index (χ0) is 12.7. The molecule has 0 atom stereocenters. The van der Waals surface area contributed by atoms with Crippen molar-refractivity contribution in [3.8, 4) is 11.5 Å². The Hall–Kier alpha value is -2.24. The first-order chi connectivity index (χ1) is 8.17. The number of hydrogen-bond donors (Lipinski definition) is 2. The second-order valence-electron chi connectivity index (χ2n) is 3.11. The highest BCUT2D eigenvalue weighted by molar-refractivity contribution is 5.82. The van der Waals surface area contributed by atoms with E-state index in [1.54, 1.807) is 19.2 Å². The van der Waals surface area contributed by atoms with Gasteiger partial charge in [0.1, 0.15) is 0 Å². The quantitative estimate of drug-likeness (QED) is 0.447. The van der Waals surface area contributed by atoms with E-state index in [1.165, 1.54) is 6.21 Å². The van der Waals surface area contributed by atoms with Crippen LogP contribution in [0.2, 0.25) is 0 Å². The average Bonchev–Trinajstić information content (AvgIpc) is 2.30. The SMILES string of the molecule is CCOc1ccc(/C=N\N=C(N)N)cc1OC. The Morgan fingerprint density at radius 1 is 1.35 bits per heavy atom. The van der Waals surface area contributed by atoms with Gasteiger partial charge in [-0.05, 0) is 30.7 Å². The Morgan fingerprint density at radius 3 is 2.71 bits per heavy atom. The molecule has 6 heteroatoms. The van der Waals surface area contributed by atoms with Crippen LogP contribution in [0.25, 0.3) is 0 Å². The molecule has 17 heavy (non-hydrogen) atoms. The van der Waals surface area contributed by atoms with E-state index in [2.05, 4.69) is 10.2 Å². The second kappa shape index (κ2) is 6.37. The third-order valence-corrected chi connectivity index (χ3v) is 1.87. The first-order valence-corrected chi connectivity index (χ1v) is 5.10. The summed E-state index contributed by atoms with van der Waals surface area (Å²) in [4.78, 5) is 0. The number of hydrogen-bond acceptors (Lipinski definition) is 4. The van der Waals surface area contributed by atoms with Crippen molar-refractivity contribution in [2.75, 3.05) is 13.7 Å². The van der Waals surface area contributed by atoms with Crippen LogP contribution in [0.3, 0.4) is 0 Å². The molecule has 0 heterocycles. The Balaban J connectivity index is 2.89. The van der Waals surface area contributed by atoms with Crippen molar-refractivity contribution in [1.29, 1.82) is 0 Å².